The summed E-state index contributed by atoms with van der Waals surface area (Å²) in [6.45, 7) is 5.04. The minimum absolute atomic E-state index is 0.129. The van der Waals surface area contributed by atoms with E-state index < -0.39 is 0 Å². The number of carbonyl (C=O) groups is 1. The van der Waals surface area contributed by atoms with E-state index in [1.807, 2.05) is 23.3 Å². The van der Waals surface area contributed by atoms with Crippen molar-refractivity contribution < 1.29 is 4.79 Å². The molecule has 1 aliphatic heterocycles. The number of anilines is 2. The van der Waals surface area contributed by atoms with E-state index in [0.717, 1.165) is 42.0 Å². The van der Waals surface area contributed by atoms with Crippen LogP contribution in [0.1, 0.15) is 30.8 Å². The highest BCUT2D eigenvalue weighted by Gasteiger charge is 2.27. The summed E-state index contributed by atoms with van der Waals surface area (Å²) >= 11 is 1.53. The molecule has 1 fully saturated rings. The first-order valence-corrected chi connectivity index (χ1v) is 7.77. The van der Waals surface area contributed by atoms with Crippen molar-refractivity contribution in [3.8, 4) is 0 Å². The number of hydrogen-bond donors (Lipinski definition) is 1. The zero-order valence-corrected chi connectivity index (χ0v) is 12.9. The summed E-state index contributed by atoms with van der Waals surface area (Å²) in [6, 6.07) is 1.96. The molecule has 3 rings (SSSR count). The van der Waals surface area contributed by atoms with Crippen LogP contribution < -0.4 is 5.32 Å². The largest absolute Gasteiger partial charge is 0.342 e. The Kier molecular flexibility index (Phi) is 3.83. The number of hydrogen-bond acceptors (Lipinski definition) is 6. The second-order valence-electron chi connectivity index (χ2n) is 5.14. The van der Waals surface area contributed by atoms with Crippen LogP contribution in [-0.2, 0) is 4.79 Å². The van der Waals surface area contributed by atoms with Gasteiger partial charge in [0.05, 0.1) is 5.69 Å². The molecule has 2 aromatic heterocycles. The molecular formula is C14H17N5OS. The molecule has 1 aliphatic rings. The fraction of sp³-hybridized carbons (Fsp3) is 0.429. The summed E-state index contributed by atoms with van der Waals surface area (Å²) < 4.78 is 0. The molecule has 1 atom stereocenters. The maximum atomic E-state index is 11.4. The fourth-order valence-electron chi connectivity index (χ4n) is 2.55. The molecule has 0 spiro atoms. The number of rotatable bonds is 3. The Morgan fingerprint density at radius 2 is 2.33 bits per heavy atom. The fourth-order valence-corrected chi connectivity index (χ4v) is 3.08. The standard InChI is InChI=1S/C14H17N5OS/c1-9-16-12(11-3-5-19(8-11)10(2)20)7-13(17-9)18-14-15-4-6-21-14/h4,6-7,11H,3,5,8H2,1-2H3,(H,15,16,17,18). The van der Waals surface area contributed by atoms with Gasteiger partial charge in [-0.25, -0.2) is 15.0 Å². The van der Waals surface area contributed by atoms with Gasteiger partial charge in [0.1, 0.15) is 11.6 Å². The van der Waals surface area contributed by atoms with Crippen LogP contribution in [0.5, 0.6) is 0 Å². The second-order valence-corrected chi connectivity index (χ2v) is 6.03. The lowest BCUT2D eigenvalue weighted by atomic mass is 10.0. The van der Waals surface area contributed by atoms with Gasteiger partial charge in [0.25, 0.3) is 0 Å². The number of carbonyl (C=O) groups excluding carboxylic acids is 1. The lowest BCUT2D eigenvalue weighted by Crippen LogP contribution is -2.25. The number of nitrogens with zero attached hydrogens (tertiary/aromatic N) is 4. The van der Waals surface area contributed by atoms with Gasteiger partial charge in [-0.3, -0.25) is 4.79 Å². The first kappa shape index (κ1) is 13.9. The van der Waals surface area contributed by atoms with Crippen molar-refractivity contribution in [2.45, 2.75) is 26.2 Å². The number of aryl methyl sites for hydroxylation is 1. The Hall–Kier alpha value is -2.02. The van der Waals surface area contributed by atoms with Gasteiger partial charge >= 0.3 is 0 Å². The molecular weight excluding hydrogens is 286 g/mol. The Morgan fingerprint density at radius 3 is 3.00 bits per heavy atom. The predicted molar refractivity (Wildman–Crippen MR) is 81.8 cm³/mol. The Morgan fingerprint density at radius 1 is 1.48 bits per heavy atom. The quantitative estimate of drug-likeness (QED) is 0.942. The highest BCUT2D eigenvalue weighted by molar-refractivity contribution is 7.13. The molecule has 6 nitrogen and oxygen atoms in total. The van der Waals surface area contributed by atoms with Crippen molar-refractivity contribution >= 4 is 28.2 Å². The summed E-state index contributed by atoms with van der Waals surface area (Å²) in [4.78, 5) is 26.4. The number of aromatic nitrogens is 3. The Balaban J connectivity index is 1.80. The molecule has 21 heavy (non-hydrogen) atoms. The normalized spacial score (nSPS) is 18.0. The highest BCUT2D eigenvalue weighted by Crippen LogP contribution is 2.28. The lowest BCUT2D eigenvalue weighted by molar-refractivity contribution is -0.127. The average molecular weight is 303 g/mol. The molecule has 1 N–H and O–H groups in total. The third kappa shape index (κ3) is 3.18. The maximum Gasteiger partial charge on any atom is 0.219 e. The Labute approximate surface area is 127 Å². The van der Waals surface area contributed by atoms with E-state index >= 15 is 0 Å². The van der Waals surface area contributed by atoms with Gasteiger partial charge in [-0.15, -0.1) is 11.3 Å². The van der Waals surface area contributed by atoms with E-state index in [0.29, 0.717) is 0 Å². The minimum atomic E-state index is 0.129. The van der Waals surface area contributed by atoms with Gasteiger partial charge in [0, 0.05) is 43.6 Å². The molecule has 7 heteroatoms. The van der Waals surface area contributed by atoms with Crippen LogP contribution in [0.4, 0.5) is 10.9 Å². The summed E-state index contributed by atoms with van der Waals surface area (Å²) in [5.74, 6) is 1.90. The van der Waals surface area contributed by atoms with Crippen LogP contribution in [0.2, 0.25) is 0 Å². The van der Waals surface area contributed by atoms with Crippen LogP contribution in [0, 0.1) is 6.92 Å². The highest BCUT2D eigenvalue weighted by atomic mass is 32.1. The molecule has 0 saturated carbocycles. The minimum Gasteiger partial charge on any atom is -0.342 e. The summed E-state index contributed by atoms with van der Waals surface area (Å²) in [5, 5.41) is 5.93. The van der Waals surface area contributed by atoms with E-state index in [2.05, 4.69) is 20.3 Å². The smallest absolute Gasteiger partial charge is 0.219 e. The van der Waals surface area contributed by atoms with Gasteiger partial charge < -0.3 is 10.2 Å². The molecule has 0 aromatic carbocycles. The molecule has 1 amide bonds. The zero-order valence-electron chi connectivity index (χ0n) is 12.0. The molecule has 0 aliphatic carbocycles. The number of amides is 1. The summed E-state index contributed by atoms with van der Waals surface area (Å²) in [6.07, 6.45) is 2.70. The van der Waals surface area contributed by atoms with E-state index in [1.54, 1.807) is 13.1 Å². The third-order valence-corrected chi connectivity index (χ3v) is 4.27. The van der Waals surface area contributed by atoms with Crippen molar-refractivity contribution in [2.24, 2.45) is 0 Å². The van der Waals surface area contributed by atoms with E-state index in [9.17, 15) is 4.79 Å². The third-order valence-electron chi connectivity index (χ3n) is 3.58. The molecule has 0 bridgehead atoms. The van der Waals surface area contributed by atoms with Crippen LogP contribution in [0.15, 0.2) is 17.6 Å². The monoisotopic (exact) mass is 303 g/mol. The van der Waals surface area contributed by atoms with Crippen molar-refractivity contribution in [1.29, 1.82) is 0 Å². The van der Waals surface area contributed by atoms with Crippen molar-refractivity contribution in [3.05, 3.63) is 29.2 Å². The van der Waals surface area contributed by atoms with Gasteiger partial charge in [-0.05, 0) is 13.3 Å². The van der Waals surface area contributed by atoms with Crippen molar-refractivity contribution in [2.75, 3.05) is 18.4 Å². The molecule has 2 aromatic rings. The SMILES string of the molecule is CC(=O)N1CCC(c2cc(Nc3nccs3)nc(C)n2)C1. The van der Waals surface area contributed by atoms with Crippen LogP contribution in [-0.4, -0.2) is 38.8 Å². The van der Waals surface area contributed by atoms with Crippen LogP contribution in [0.3, 0.4) is 0 Å². The van der Waals surface area contributed by atoms with Crippen LogP contribution >= 0.6 is 11.3 Å². The predicted octanol–water partition coefficient (Wildman–Crippen LogP) is 2.32. The lowest BCUT2D eigenvalue weighted by Gasteiger charge is -2.14. The van der Waals surface area contributed by atoms with Crippen LogP contribution in [0.25, 0.3) is 0 Å². The first-order valence-electron chi connectivity index (χ1n) is 6.89. The molecule has 0 radical (unpaired) electrons. The Bertz CT molecular complexity index is 643. The van der Waals surface area contributed by atoms with Gasteiger partial charge in [0.15, 0.2) is 5.13 Å². The first-order chi connectivity index (χ1) is 10.1. The van der Waals surface area contributed by atoms with Crippen molar-refractivity contribution in [3.63, 3.8) is 0 Å². The topological polar surface area (TPSA) is 71.0 Å². The molecule has 110 valence electrons. The molecule has 3 heterocycles. The maximum absolute atomic E-state index is 11.4. The van der Waals surface area contributed by atoms with E-state index in [1.165, 1.54) is 11.3 Å². The number of likely N-dealkylation sites (tertiary alicyclic amines) is 1. The second kappa shape index (κ2) is 5.77. The van der Waals surface area contributed by atoms with Gasteiger partial charge in [-0.2, -0.15) is 0 Å². The van der Waals surface area contributed by atoms with Crippen molar-refractivity contribution in [1.82, 2.24) is 19.9 Å². The van der Waals surface area contributed by atoms with E-state index in [-0.39, 0.29) is 11.8 Å². The van der Waals surface area contributed by atoms with Gasteiger partial charge in [-0.1, -0.05) is 0 Å². The van der Waals surface area contributed by atoms with Gasteiger partial charge in [0.2, 0.25) is 5.91 Å². The zero-order chi connectivity index (χ0) is 14.8. The number of thiazole rings is 1. The summed E-state index contributed by atoms with van der Waals surface area (Å²) in [7, 11) is 0. The molecule has 1 unspecified atom stereocenters. The van der Waals surface area contributed by atoms with E-state index in [4.69, 9.17) is 0 Å². The average Bonchev–Trinajstić information content (AvgIpc) is 3.08. The molecule has 1 saturated heterocycles. The number of nitrogens with one attached hydrogen (secondary N) is 1. The summed E-state index contributed by atoms with van der Waals surface area (Å²) in [5.41, 5.74) is 0.991.